The van der Waals surface area contributed by atoms with Crippen LogP contribution in [0, 0.1) is 19.7 Å². The third-order valence-electron chi connectivity index (χ3n) is 5.66. The number of hydrogen-bond acceptors (Lipinski definition) is 5. The molecule has 2 unspecified atom stereocenters. The van der Waals surface area contributed by atoms with Gasteiger partial charge in [-0.15, -0.1) is 0 Å². The van der Waals surface area contributed by atoms with Crippen LogP contribution < -0.4 is 34.7 Å². The van der Waals surface area contributed by atoms with Gasteiger partial charge in [0, 0.05) is 47.1 Å². The van der Waals surface area contributed by atoms with Gasteiger partial charge in [0.05, 0.1) is 23.6 Å². The molecule has 36 heavy (non-hydrogen) atoms. The molecular formula is C27H29ClFN2NaO4. The molecule has 2 aromatic carbocycles. The monoisotopic (exact) mass is 522 g/mol. The van der Waals surface area contributed by atoms with Crippen LogP contribution in [0.3, 0.4) is 0 Å². The van der Waals surface area contributed by atoms with Crippen LogP contribution >= 0.6 is 11.6 Å². The molecular weight excluding hydrogens is 494 g/mol. The Labute approximate surface area is 237 Å². The number of nitrogens with zero attached hydrogens (tertiary/aromatic N) is 2. The SMILES string of the molecule is Cc1cc(-c2nc(C(C)C)n(/C=C/C(O)CC(O)CC(=O)[O-])c2-c2ccc(F)cc2)cc(C)c1Cl.[Na+]. The summed E-state index contributed by atoms with van der Waals surface area (Å²) < 4.78 is 15.6. The maximum absolute atomic E-state index is 13.7. The zero-order valence-corrected chi connectivity index (χ0v) is 23.9. The summed E-state index contributed by atoms with van der Waals surface area (Å²) in [5.74, 6) is -1.04. The van der Waals surface area contributed by atoms with Crippen molar-refractivity contribution >= 4 is 23.8 Å². The summed E-state index contributed by atoms with van der Waals surface area (Å²) in [5.41, 5.74) is 4.76. The number of benzene rings is 2. The van der Waals surface area contributed by atoms with E-state index in [2.05, 4.69) is 0 Å². The van der Waals surface area contributed by atoms with Crippen LogP contribution in [-0.2, 0) is 4.79 Å². The summed E-state index contributed by atoms with van der Waals surface area (Å²) in [6.07, 6.45) is 0.0610. The van der Waals surface area contributed by atoms with Crippen LogP contribution in [0.5, 0.6) is 0 Å². The van der Waals surface area contributed by atoms with E-state index in [4.69, 9.17) is 16.6 Å². The van der Waals surface area contributed by atoms with Gasteiger partial charge in [-0.2, -0.15) is 0 Å². The van der Waals surface area contributed by atoms with Crippen molar-refractivity contribution in [3.63, 3.8) is 0 Å². The number of aliphatic carboxylic acids is 1. The van der Waals surface area contributed by atoms with E-state index in [0.29, 0.717) is 22.2 Å². The molecule has 0 saturated carbocycles. The molecule has 0 aliphatic heterocycles. The number of aryl methyl sites for hydroxylation is 2. The Hall–Kier alpha value is -2.00. The molecule has 0 radical (unpaired) electrons. The largest absolute Gasteiger partial charge is 1.00 e. The molecule has 2 atom stereocenters. The number of carbonyl (C=O) groups is 1. The van der Waals surface area contributed by atoms with Crippen molar-refractivity contribution in [2.75, 3.05) is 0 Å². The zero-order valence-electron chi connectivity index (χ0n) is 21.1. The number of aliphatic hydroxyl groups is 2. The van der Waals surface area contributed by atoms with Gasteiger partial charge in [0.25, 0.3) is 0 Å². The minimum Gasteiger partial charge on any atom is -0.550 e. The second-order valence-electron chi connectivity index (χ2n) is 9.00. The molecule has 0 amide bonds. The molecule has 0 saturated heterocycles. The maximum atomic E-state index is 13.7. The van der Waals surface area contributed by atoms with E-state index in [1.807, 2.05) is 44.4 Å². The number of carbonyl (C=O) groups excluding carboxylic acids is 1. The van der Waals surface area contributed by atoms with Crippen LogP contribution in [0.2, 0.25) is 5.02 Å². The van der Waals surface area contributed by atoms with Gasteiger partial charge in [0.15, 0.2) is 0 Å². The molecule has 2 N–H and O–H groups in total. The van der Waals surface area contributed by atoms with Crippen LogP contribution in [0.1, 0.15) is 49.6 Å². The molecule has 1 heterocycles. The predicted octanol–water partition coefficient (Wildman–Crippen LogP) is 1.48. The first kappa shape index (κ1) is 30.2. The van der Waals surface area contributed by atoms with Gasteiger partial charge in [-0.05, 0) is 67.4 Å². The Kier molecular flexibility index (Phi) is 10.9. The van der Waals surface area contributed by atoms with Crippen molar-refractivity contribution in [1.29, 1.82) is 0 Å². The average molecular weight is 523 g/mol. The molecule has 0 aliphatic carbocycles. The third-order valence-corrected chi connectivity index (χ3v) is 6.25. The van der Waals surface area contributed by atoms with Gasteiger partial charge in [-0.3, -0.25) is 0 Å². The average Bonchev–Trinajstić information content (AvgIpc) is 3.15. The van der Waals surface area contributed by atoms with Crippen LogP contribution in [0.4, 0.5) is 4.39 Å². The van der Waals surface area contributed by atoms with E-state index < -0.39 is 24.6 Å². The summed E-state index contributed by atoms with van der Waals surface area (Å²) in [4.78, 5) is 15.6. The standard InChI is InChI=1S/C27H30ClFN2O4.Na/c1-15(2)27-30-25(19-11-16(3)24(28)17(4)12-19)26(18-5-7-20(29)8-6-18)31(27)10-9-21(32)13-22(33)14-23(34)35;/h5-12,15,21-22,32-33H,13-14H2,1-4H3,(H,34,35);/q;+1/p-1/b10-9+;. The maximum Gasteiger partial charge on any atom is 1.00 e. The number of imidazole rings is 1. The Morgan fingerprint density at radius 1 is 1.14 bits per heavy atom. The second-order valence-corrected chi connectivity index (χ2v) is 9.38. The molecule has 0 bridgehead atoms. The van der Waals surface area contributed by atoms with Crippen LogP contribution in [0.15, 0.2) is 42.5 Å². The number of carboxylic acids is 1. The van der Waals surface area contributed by atoms with E-state index >= 15 is 0 Å². The second kappa shape index (κ2) is 13.0. The Morgan fingerprint density at radius 3 is 2.25 bits per heavy atom. The molecule has 6 nitrogen and oxygen atoms in total. The van der Waals surface area contributed by atoms with Crippen molar-refractivity contribution in [2.24, 2.45) is 0 Å². The van der Waals surface area contributed by atoms with Crippen molar-refractivity contribution in [1.82, 2.24) is 9.55 Å². The minimum atomic E-state index is -1.39. The van der Waals surface area contributed by atoms with Crippen LogP contribution in [-0.4, -0.2) is 37.9 Å². The first-order valence-corrected chi connectivity index (χ1v) is 11.7. The summed E-state index contributed by atoms with van der Waals surface area (Å²) in [6, 6.07) is 9.99. The Bertz CT molecular complexity index is 1220. The van der Waals surface area contributed by atoms with Crippen molar-refractivity contribution in [2.45, 2.75) is 58.7 Å². The van der Waals surface area contributed by atoms with Gasteiger partial charge in [-0.25, -0.2) is 9.37 Å². The first-order chi connectivity index (χ1) is 16.5. The molecule has 1 aromatic heterocycles. The van der Waals surface area contributed by atoms with Gasteiger partial charge in [-0.1, -0.05) is 25.4 Å². The first-order valence-electron chi connectivity index (χ1n) is 11.4. The molecule has 0 fully saturated rings. The van der Waals surface area contributed by atoms with Crippen molar-refractivity contribution < 1.29 is 54.1 Å². The summed E-state index contributed by atoms with van der Waals surface area (Å²) >= 11 is 6.39. The quantitative estimate of drug-likeness (QED) is 0.415. The van der Waals surface area contributed by atoms with E-state index in [0.717, 1.165) is 22.3 Å². The summed E-state index contributed by atoms with van der Waals surface area (Å²) in [5, 5.41) is 31.6. The molecule has 186 valence electrons. The van der Waals surface area contributed by atoms with Gasteiger partial charge < -0.3 is 24.7 Å². The Balaban J connectivity index is 0.00000456. The molecule has 9 heteroatoms. The molecule has 0 spiro atoms. The zero-order chi connectivity index (χ0) is 25.9. The number of aromatic nitrogens is 2. The number of hydrogen-bond donors (Lipinski definition) is 2. The topological polar surface area (TPSA) is 98.4 Å². The van der Waals surface area contributed by atoms with E-state index in [9.17, 15) is 24.5 Å². The number of carboxylic acid groups (broad SMARTS) is 1. The molecule has 3 aromatic rings. The smallest absolute Gasteiger partial charge is 0.550 e. The predicted molar refractivity (Wildman–Crippen MR) is 133 cm³/mol. The summed E-state index contributed by atoms with van der Waals surface area (Å²) in [7, 11) is 0. The number of rotatable bonds is 9. The normalized spacial score (nSPS) is 13.1. The number of halogens is 2. The fraction of sp³-hybridized carbons (Fsp3) is 0.333. The van der Waals surface area contributed by atoms with Gasteiger partial charge in [0.2, 0.25) is 0 Å². The third kappa shape index (κ3) is 7.28. The number of aliphatic hydroxyl groups excluding tert-OH is 2. The van der Waals surface area contributed by atoms with Gasteiger partial charge in [0.1, 0.15) is 11.6 Å². The van der Waals surface area contributed by atoms with E-state index in [1.165, 1.54) is 18.2 Å². The van der Waals surface area contributed by atoms with Crippen molar-refractivity contribution in [3.05, 3.63) is 70.3 Å². The fourth-order valence-electron chi connectivity index (χ4n) is 3.99. The van der Waals surface area contributed by atoms with Crippen molar-refractivity contribution in [3.8, 4) is 22.5 Å². The molecule has 3 rings (SSSR count). The van der Waals surface area contributed by atoms with E-state index in [1.54, 1.807) is 18.3 Å². The summed E-state index contributed by atoms with van der Waals surface area (Å²) in [6.45, 7) is 7.82. The van der Waals surface area contributed by atoms with Gasteiger partial charge >= 0.3 is 29.6 Å². The minimum absolute atomic E-state index is 0. The fourth-order valence-corrected chi connectivity index (χ4v) is 4.10. The Morgan fingerprint density at radius 2 is 1.72 bits per heavy atom. The van der Waals surface area contributed by atoms with E-state index in [-0.39, 0.29) is 47.7 Å². The van der Waals surface area contributed by atoms with Crippen LogP contribution in [0.25, 0.3) is 28.7 Å². The molecule has 0 aliphatic rings.